The maximum atomic E-state index is 12.9. The van der Waals surface area contributed by atoms with Crippen LogP contribution in [0.5, 0.6) is 0 Å². The van der Waals surface area contributed by atoms with Gasteiger partial charge in [0.05, 0.1) is 27.0 Å². The van der Waals surface area contributed by atoms with Gasteiger partial charge in [0.25, 0.3) is 5.91 Å². The number of amides is 1. The molecular formula is C25H18N4O3S. The summed E-state index contributed by atoms with van der Waals surface area (Å²) in [7, 11) is 0. The highest BCUT2D eigenvalue weighted by atomic mass is 32.1. The number of hydrogen-bond acceptors (Lipinski definition) is 7. The Morgan fingerprint density at radius 1 is 1.00 bits per heavy atom. The summed E-state index contributed by atoms with van der Waals surface area (Å²) in [4.78, 5) is 38.5. The quantitative estimate of drug-likeness (QED) is 0.375. The van der Waals surface area contributed by atoms with Crippen molar-refractivity contribution in [1.29, 1.82) is 0 Å². The van der Waals surface area contributed by atoms with Crippen molar-refractivity contribution in [3.63, 3.8) is 0 Å². The van der Waals surface area contributed by atoms with Gasteiger partial charge in [-0.1, -0.05) is 35.6 Å². The molecule has 0 atom stereocenters. The van der Waals surface area contributed by atoms with Gasteiger partial charge in [0, 0.05) is 23.3 Å². The molecule has 0 fully saturated rings. The van der Waals surface area contributed by atoms with Gasteiger partial charge >= 0.3 is 5.97 Å². The number of anilines is 1. The minimum absolute atomic E-state index is 0.336. The van der Waals surface area contributed by atoms with Gasteiger partial charge in [0.1, 0.15) is 0 Å². The van der Waals surface area contributed by atoms with Gasteiger partial charge in [-0.15, -0.1) is 0 Å². The number of thiazole rings is 1. The molecule has 0 saturated heterocycles. The Kier molecular flexibility index (Phi) is 5.50. The van der Waals surface area contributed by atoms with Crippen molar-refractivity contribution in [3.8, 4) is 11.3 Å². The highest BCUT2D eigenvalue weighted by molar-refractivity contribution is 7.22. The van der Waals surface area contributed by atoms with Crippen LogP contribution in [0.4, 0.5) is 5.13 Å². The number of para-hydroxylation sites is 1. The molecule has 0 radical (unpaired) electrons. The van der Waals surface area contributed by atoms with Crippen LogP contribution in [-0.4, -0.2) is 33.4 Å². The fourth-order valence-electron chi connectivity index (χ4n) is 3.46. The van der Waals surface area contributed by atoms with E-state index >= 15 is 0 Å². The Balaban J connectivity index is 1.34. The second-order valence-corrected chi connectivity index (χ2v) is 8.46. The lowest BCUT2D eigenvalue weighted by atomic mass is 10.1. The Bertz CT molecular complexity index is 1500. The number of ether oxygens (including phenoxy) is 1. The molecule has 0 aliphatic rings. The molecule has 0 unspecified atom stereocenters. The van der Waals surface area contributed by atoms with Crippen LogP contribution in [0.1, 0.15) is 15.9 Å². The number of aryl methyl sites for hydroxylation is 1. The molecule has 1 amide bonds. The summed E-state index contributed by atoms with van der Waals surface area (Å²) in [5.41, 5.74) is 4.30. The molecule has 7 nitrogen and oxygen atoms in total. The first kappa shape index (κ1) is 20.7. The number of carbonyl (C=O) groups is 2. The summed E-state index contributed by atoms with van der Waals surface area (Å²) in [6.45, 7) is 1.58. The van der Waals surface area contributed by atoms with Crippen LogP contribution in [-0.2, 0) is 9.53 Å². The van der Waals surface area contributed by atoms with E-state index in [4.69, 9.17) is 4.74 Å². The van der Waals surface area contributed by atoms with Gasteiger partial charge in [0.2, 0.25) is 0 Å². The average Bonchev–Trinajstić information content (AvgIpc) is 3.23. The summed E-state index contributed by atoms with van der Waals surface area (Å²) in [5, 5.41) is 3.82. The van der Waals surface area contributed by atoms with E-state index in [0.717, 1.165) is 21.3 Å². The lowest BCUT2D eigenvalue weighted by Crippen LogP contribution is -2.21. The monoisotopic (exact) mass is 454 g/mol. The molecule has 3 aromatic heterocycles. The second-order valence-electron chi connectivity index (χ2n) is 7.43. The van der Waals surface area contributed by atoms with E-state index in [9.17, 15) is 9.59 Å². The van der Waals surface area contributed by atoms with Crippen molar-refractivity contribution in [2.24, 2.45) is 0 Å². The van der Waals surface area contributed by atoms with E-state index in [0.29, 0.717) is 27.3 Å². The summed E-state index contributed by atoms with van der Waals surface area (Å²) in [5.74, 6) is -1.06. The number of nitrogens with one attached hydrogen (secondary N) is 1. The van der Waals surface area contributed by atoms with Crippen molar-refractivity contribution < 1.29 is 14.3 Å². The molecule has 162 valence electrons. The molecule has 0 spiro atoms. The predicted octanol–water partition coefficient (Wildman–Crippen LogP) is 5.01. The Hall–Kier alpha value is -4.17. The largest absolute Gasteiger partial charge is 0.452 e. The molecule has 0 aliphatic carbocycles. The zero-order valence-electron chi connectivity index (χ0n) is 17.6. The van der Waals surface area contributed by atoms with E-state index in [1.54, 1.807) is 30.6 Å². The molecule has 8 heteroatoms. The minimum Gasteiger partial charge on any atom is -0.452 e. The number of hydrogen-bond donors (Lipinski definition) is 1. The molecule has 3 heterocycles. The lowest BCUT2D eigenvalue weighted by molar-refractivity contribution is -0.119. The van der Waals surface area contributed by atoms with Crippen molar-refractivity contribution in [1.82, 2.24) is 15.0 Å². The maximum absolute atomic E-state index is 12.9. The number of nitrogens with zero attached hydrogens (tertiary/aromatic N) is 3. The lowest BCUT2D eigenvalue weighted by Gasteiger charge is -2.10. The van der Waals surface area contributed by atoms with Gasteiger partial charge < -0.3 is 4.74 Å². The summed E-state index contributed by atoms with van der Waals surface area (Å²) < 4.78 is 6.32. The molecule has 5 rings (SSSR count). The normalized spacial score (nSPS) is 10.9. The maximum Gasteiger partial charge on any atom is 0.339 e. The third-order valence-corrected chi connectivity index (χ3v) is 5.95. The van der Waals surface area contributed by atoms with Crippen LogP contribution in [0.25, 0.3) is 32.4 Å². The minimum atomic E-state index is -0.603. The van der Waals surface area contributed by atoms with Crippen LogP contribution in [0.2, 0.25) is 0 Å². The number of esters is 1. The van der Waals surface area contributed by atoms with Crippen LogP contribution in [0.15, 0.2) is 73.1 Å². The summed E-state index contributed by atoms with van der Waals surface area (Å²) in [6, 6.07) is 18.5. The standard InChI is InChI=1S/C25H18N4O3S/c1-15-8-9-20-22(11-15)33-25(28-20)29-23(30)14-32-24(31)18-12-21(16-5-4-10-26-13-16)27-19-7-3-2-6-17(18)19/h2-13H,14H2,1H3,(H,28,29,30). The molecule has 33 heavy (non-hydrogen) atoms. The summed E-state index contributed by atoms with van der Waals surface area (Å²) >= 11 is 1.37. The fourth-order valence-corrected chi connectivity index (χ4v) is 4.44. The number of fused-ring (bicyclic) bond motifs is 2. The number of benzene rings is 2. The van der Waals surface area contributed by atoms with Crippen molar-refractivity contribution in [2.75, 3.05) is 11.9 Å². The first-order valence-electron chi connectivity index (χ1n) is 10.2. The Labute approximate surface area is 193 Å². The Morgan fingerprint density at radius 3 is 2.73 bits per heavy atom. The second kappa shape index (κ2) is 8.76. The van der Waals surface area contributed by atoms with Crippen LogP contribution in [0, 0.1) is 6.92 Å². The first-order chi connectivity index (χ1) is 16.1. The van der Waals surface area contributed by atoms with Gasteiger partial charge in [-0.25, -0.2) is 14.8 Å². The van der Waals surface area contributed by atoms with E-state index < -0.39 is 18.5 Å². The highest BCUT2D eigenvalue weighted by Crippen LogP contribution is 2.27. The SMILES string of the molecule is Cc1ccc2nc(NC(=O)COC(=O)c3cc(-c4cccnc4)nc4ccccc34)sc2c1. The van der Waals surface area contributed by atoms with Crippen LogP contribution >= 0.6 is 11.3 Å². The van der Waals surface area contributed by atoms with Gasteiger partial charge in [0.15, 0.2) is 11.7 Å². The van der Waals surface area contributed by atoms with Crippen LogP contribution in [0.3, 0.4) is 0 Å². The highest BCUT2D eigenvalue weighted by Gasteiger charge is 2.17. The molecule has 5 aromatic rings. The smallest absolute Gasteiger partial charge is 0.339 e. The number of rotatable bonds is 5. The number of carbonyl (C=O) groups excluding carboxylic acids is 2. The molecular weight excluding hydrogens is 436 g/mol. The molecule has 1 N–H and O–H groups in total. The molecule has 0 aliphatic heterocycles. The molecule has 0 saturated carbocycles. The number of aromatic nitrogens is 3. The third kappa shape index (κ3) is 4.42. The van der Waals surface area contributed by atoms with E-state index in [1.807, 2.05) is 49.4 Å². The van der Waals surface area contributed by atoms with Crippen LogP contribution < -0.4 is 5.32 Å². The zero-order chi connectivity index (χ0) is 22.8. The molecule has 0 bridgehead atoms. The van der Waals surface area contributed by atoms with Gasteiger partial charge in [-0.2, -0.15) is 0 Å². The summed E-state index contributed by atoms with van der Waals surface area (Å²) in [6.07, 6.45) is 3.35. The van der Waals surface area contributed by atoms with E-state index in [-0.39, 0.29) is 0 Å². The van der Waals surface area contributed by atoms with E-state index in [2.05, 4.69) is 20.3 Å². The van der Waals surface area contributed by atoms with Crippen molar-refractivity contribution in [2.45, 2.75) is 6.92 Å². The topological polar surface area (TPSA) is 94.1 Å². The number of pyridine rings is 2. The van der Waals surface area contributed by atoms with E-state index in [1.165, 1.54) is 11.3 Å². The zero-order valence-corrected chi connectivity index (χ0v) is 18.4. The first-order valence-corrected chi connectivity index (χ1v) is 11.0. The fraction of sp³-hybridized carbons (Fsp3) is 0.0800. The van der Waals surface area contributed by atoms with Gasteiger partial charge in [-0.05, 0) is 48.9 Å². The van der Waals surface area contributed by atoms with Gasteiger partial charge in [-0.3, -0.25) is 15.1 Å². The predicted molar refractivity (Wildman–Crippen MR) is 128 cm³/mol. The van der Waals surface area contributed by atoms with Crippen molar-refractivity contribution >= 4 is 49.5 Å². The third-order valence-electron chi connectivity index (χ3n) is 5.02. The average molecular weight is 455 g/mol. The van der Waals surface area contributed by atoms with Crippen molar-refractivity contribution in [3.05, 3.63) is 84.2 Å². The Morgan fingerprint density at radius 2 is 1.88 bits per heavy atom. The molecule has 2 aromatic carbocycles.